The van der Waals surface area contributed by atoms with E-state index in [0.717, 1.165) is 0 Å². The van der Waals surface area contributed by atoms with Crippen LogP contribution in [0.5, 0.6) is 0 Å². The van der Waals surface area contributed by atoms with E-state index < -0.39 is 19.9 Å². The predicted octanol–water partition coefficient (Wildman–Crippen LogP) is 3.68. The molecule has 0 saturated heterocycles. The van der Waals surface area contributed by atoms with Crippen LogP contribution >= 0.6 is 0 Å². The quantitative estimate of drug-likeness (QED) is 0.459. The van der Waals surface area contributed by atoms with E-state index in [1.807, 2.05) is 13.1 Å². The zero-order valence-electron chi connectivity index (χ0n) is 12.9. The molecule has 0 aliphatic heterocycles. The van der Waals surface area contributed by atoms with Crippen molar-refractivity contribution in [1.82, 2.24) is 0 Å². The molecule has 0 amide bonds. The van der Waals surface area contributed by atoms with Gasteiger partial charge in [-0.15, -0.1) is 18.9 Å². The van der Waals surface area contributed by atoms with Crippen molar-refractivity contribution in [3.05, 3.63) is 12.7 Å². The summed E-state index contributed by atoms with van der Waals surface area (Å²) in [4.78, 5) is 11.8. The Hall–Kier alpha value is -1.05. The van der Waals surface area contributed by atoms with Gasteiger partial charge >= 0.3 is 5.97 Å². The number of hydrogen-bond acceptors (Lipinski definition) is 2. The summed E-state index contributed by atoms with van der Waals surface area (Å²) in [5.41, 5.74) is -1.38. The molecule has 0 fully saturated rings. The molecule has 0 aliphatic rings. The largest absolute Gasteiger partial charge is 0.479 e. The van der Waals surface area contributed by atoms with E-state index in [1.54, 1.807) is 13.0 Å². The summed E-state index contributed by atoms with van der Waals surface area (Å²) in [6, 6.07) is 0. The average Bonchev–Trinajstić information content (AvgIpc) is 2.25. The lowest BCUT2D eigenvalue weighted by atomic mass is 9.86. The highest BCUT2D eigenvalue weighted by atomic mass is 28.4. The topological polar surface area (TPSA) is 46.5 Å². The van der Waals surface area contributed by atoms with Crippen LogP contribution in [-0.4, -0.2) is 25.0 Å². The second-order valence-electron chi connectivity index (χ2n) is 6.46. The van der Waals surface area contributed by atoms with Crippen LogP contribution in [0, 0.1) is 18.3 Å². The lowest BCUT2D eigenvalue weighted by Gasteiger charge is -2.44. The fourth-order valence-electron chi connectivity index (χ4n) is 1.55. The van der Waals surface area contributed by atoms with Crippen LogP contribution in [0.25, 0.3) is 0 Å². The number of carboxylic acid groups (broad SMARTS) is 1. The van der Waals surface area contributed by atoms with Gasteiger partial charge in [0.1, 0.15) is 0 Å². The van der Waals surface area contributed by atoms with Crippen molar-refractivity contribution in [2.24, 2.45) is 5.92 Å². The summed E-state index contributed by atoms with van der Waals surface area (Å²) < 4.78 is 6.17. The van der Waals surface area contributed by atoms with Crippen molar-refractivity contribution in [2.75, 3.05) is 0 Å². The zero-order chi connectivity index (χ0) is 15.5. The van der Waals surface area contributed by atoms with Crippen LogP contribution in [-0.2, 0) is 9.22 Å². The van der Waals surface area contributed by atoms with Crippen molar-refractivity contribution in [3.8, 4) is 12.3 Å². The highest BCUT2D eigenvalue weighted by molar-refractivity contribution is 6.74. The Balaban J connectivity index is 5.70. The molecule has 0 rings (SSSR count). The van der Waals surface area contributed by atoms with Gasteiger partial charge in [-0.05, 0) is 18.1 Å². The molecule has 19 heavy (non-hydrogen) atoms. The number of hydrogen-bond donors (Lipinski definition) is 1. The number of carboxylic acids is 1. The normalized spacial score (nSPS) is 17.1. The maximum atomic E-state index is 11.8. The molecule has 0 aromatic heterocycles. The SMILES string of the molecule is C#CC[C@@](O[Si](C)(C)C(C)(C)C)(C(=O)O)[C@H](C)C=C. The minimum Gasteiger partial charge on any atom is -0.479 e. The first kappa shape index (κ1) is 17.9. The van der Waals surface area contributed by atoms with Crippen LogP contribution in [0.2, 0.25) is 18.1 Å². The molecular formula is C15H26O3Si. The van der Waals surface area contributed by atoms with Gasteiger partial charge in [-0.25, -0.2) is 4.79 Å². The highest BCUT2D eigenvalue weighted by Crippen LogP contribution is 2.42. The third-order valence-electron chi connectivity index (χ3n) is 4.06. The summed E-state index contributed by atoms with van der Waals surface area (Å²) in [6.45, 7) is 15.7. The molecular weight excluding hydrogens is 256 g/mol. The maximum Gasteiger partial charge on any atom is 0.336 e. The third-order valence-corrected chi connectivity index (χ3v) is 8.55. The van der Waals surface area contributed by atoms with Crippen LogP contribution in [0.3, 0.4) is 0 Å². The number of aliphatic carboxylic acids is 1. The summed E-state index contributed by atoms with van der Waals surface area (Å²) in [5, 5.41) is 9.56. The molecule has 0 radical (unpaired) electrons. The summed E-state index contributed by atoms with van der Waals surface area (Å²) in [5.74, 6) is 1.08. The Kier molecular flexibility index (Phi) is 5.61. The van der Waals surface area contributed by atoms with Gasteiger partial charge in [0, 0.05) is 12.3 Å². The van der Waals surface area contributed by atoms with Crippen LogP contribution in [0.15, 0.2) is 12.7 Å². The molecule has 0 unspecified atom stereocenters. The maximum absolute atomic E-state index is 11.8. The average molecular weight is 282 g/mol. The first-order valence-electron chi connectivity index (χ1n) is 6.44. The monoisotopic (exact) mass is 282 g/mol. The van der Waals surface area contributed by atoms with E-state index in [0.29, 0.717) is 0 Å². The van der Waals surface area contributed by atoms with Crippen molar-refractivity contribution in [1.29, 1.82) is 0 Å². The minimum absolute atomic E-state index is 0.0437. The lowest BCUT2D eigenvalue weighted by Crippen LogP contribution is -2.56. The van der Waals surface area contributed by atoms with Gasteiger partial charge in [-0.2, -0.15) is 0 Å². The van der Waals surface area contributed by atoms with E-state index in [1.165, 1.54) is 0 Å². The van der Waals surface area contributed by atoms with E-state index in [-0.39, 0.29) is 17.4 Å². The lowest BCUT2D eigenvalue weighted by molar-refractivity contribution is -0.159. The van der Waals surface area contributed by atoms with Crippen LogP contribution < -0.4 is 0 Å². The van der Waals surface area contributed by atoms with Gasteiger partial charge in [0.25, 0.3) is 0 Å². The summed E-state index contributed by atoms with van der Waals surface area (Å²) in [6.07, 6.45) is 7.00. The Bertz CT molecular complexity index is 387. The second-order valence-corrected chi connectivity index (χ2v) is 11.2. The van der Waals surface area contributed by atoms with E-state index in [9.17, 15) is 9.90 Å². The standard InChI is InChI=1S/C15H26O3Si/c1-9-11-15(13(16)17,12(3)10-2)18-19(7,8)14(4,5)6/h1,10,12H,2,11H2,3-8H3,(H,16,17)/t12-,15+/m1/s1. The molecule has 0 aromatic rings. The van der Waals surface area contributed by atoms with E-state index in [4.69, 9.17) is 10.8 Å². The molecule has 0 bridgehead atoms. The van der Waals surface area contributed by atoms with Gasteiger partial charge < -0.3 is 9.53 Å². The molecule has 0 heterocycles. The zero-order valence-corrected chi connectivity index (χ0v) is 13.9. The third kappa shape index (κ3) is 3.71. The van der Waals surface area contributed by atoms with E-state index >= 15 is 0 Å². The van der Waals surface area contributed by atoms with Crippen molar-refractivity contribution in [3.63, 3.8) is 0 Å². The van der Waals surface area contributed by atoms with Gasteiger partial charge in [0.05, 0.1) is 0 Å². The number of rotatable bonds is 6. The first-order chi connectivity index (χ1) is 8.44. The van der Waals surface area contributed by atoms with E-state index in [2.05, 4.69) is 33.3 Å². The smallest absolute Gasteiger partial charge is 0.336 e. The van der Waals surface area contributed by atoms with Gasteiger partial charge in [0.2, 0.25) is 0 Å². The first-order valence-corrected chi connectivity index (χ1v) is 9.35. The molecule has 0 saturated carbocycles. The molecule has 0 aliphatic carbocycles. The van der Waals surface area contributed by atoms with Crippen LogP contribution in [0.4, 0.5) is 0 Å². The Morgan fingerprint density at radius 2 is 2.00 bits per heavy atom. The summed E-state index contributed by atoms with van der Waals surface area (Å²) in [7, 11) is -2.24. The molecule has 0 spiro atoms. The highest BCUT2D eigenvalue weighted by Gasteiger charge is 2.51. The summed E-state index contributed by atoms with van der Waals surface area (Å²) >= 11 is 0. The minimum atomic E-state index is -2.24. The number of terminal acetylenes is 1. The Morgan fingerprint density at radius 1 is 1.53 bits per heavy atom. The van der Waals surface area contributed by atoms with Crippen molar-refractivity contribution >= 4 is 14.3 Å². The fraction of sp³-hybridized carbons (Fsp3) is 0.667. The van der Waals surface area contributed by atoms with Crippen LogP contribution in [0.1, 0.15) is 34.1 Å². The molecule has 108 valence electrons. The molecule has 4 heteroatoms. The molecule has 2 atom stereocenters. The van der Waals surface area contributed by atoms with Gasteiger partial charge in [-0.1, -0.05) is 33.8 Å². The van der Waals surface area contributed by atoms with Gasteiger partial charge in [-0.3, -0.25) is 0 Å². The van der Waals surface area contributed by atoms with Gasteiger partial charge in [0.15, 0.2) is 13.9 Å². The Labute approximate surface area is 118 Å². The predicted molar refractivity (Wildman–Crippen MR) is 81.5 cm³/mol. The van der Waals surface area contributed by atoms with Crippen molar-refractivity contribution in [2.45, 2.75) is 57.8 Å². The fourth-order valence-corrected chi connectivity index (χ4v) is 3.12. The van der Waals surface area contributed by atoms with Crippen molar-refractivity contribution < 1.29 is 14.3 Å². The Morgan fingerprint density at radius 3 is 2.26 bits per heavy atom. The number of carbonyl (C=O) groups is 1. The molecule has 0 aromatic carbocycles. The second kappa shape index (κ2) is 5.94. The molecule has 1 N–H and O–H groups in total. The molecule has 3 nitrogen and oxygen atoms in total.